The van der Waals surface area contributed by atoms with Gasteiger partial charge in [-0.3, -0.25) is 19.7 Å². The maximum Gasteiger partial charge on any atom is 0.293 e. The van der Waals surface area contributed by atoms with Crippen molar-refractivity contribution in [1.29, 1.82) is 0 Å². The number of carbonyl (C=O) groups excluding carboxylic acids is 2. The molecule has 2 saturated heterocycles. The smallest absolute Gasteiger partial charge is 0.293 e. The van der Waals surface area contributed by atoms with Crippen LogP contribution in [0.25, 0.3) is 0 Å². The van der Waals surface area contributed by atoms with Crippen LogP contribution in [-0.2, 0) is 4.79 Å². The lowest BCUT2D eigenvalue weighted by molar-refractivity contribution is -0.384. The van der Waals surface area contributed by atoms with Crippen molar-refractivity contribution in [1.82, 2.24) is 4.90 Å². The highest BCUT2D eigenvalue weighted by atomic mass is 16.6. The van der Waals surface area contributed by atoms with E-state index in [9.17, 15) is 19.7 Å². The molecule has 2 aromatic rings. The molecule has 162 valence electrons. The fourth-order valence-electron chi connectivity index (χ4n) is 4.32. The zero-order chi connectivity index (χ0) is 21.8. The molecular formula is C23H26N4O4. The number of carbonyl (C=O) groups is 2. The molecule has 8 heteroatoms. The number of para-hydroxylation sites is 1. The Labute approximate surface area is 181 Å². The number of nitrogens with one attached hydrogen (secondary N) is 1. The Hall–Kier alpha value is -3.42. The lowest BCUT2D eigenvalue weighted by Gasteiger charge is -2.31. The number of anilines is 2. The normalized spacial score (nSPS) is 16.9. The zero-order valence-electron chi connectivity index (χ0n) is 17.3. The number of rotatable bonds is 5. The van der Waals surface area contributed by atoms with E-state index in [1.54, 1.807) is 17.0 Å². The fourth-order valence-corrected chi connectivity index (χ4v) is 4.32. The Bertz CT molecular complexity index is 965. The van der Waals surface area contributed by atoms with E-state index in [1.807, 2.05) is 35.2 Å². The van der Waals surface area contributed by atoms with Crippen LogP contribution in [0.1, 0.15) is 36.0 Å². The first-order valence-corrected chi connectivity index (χ1v) is 10.7. The number of piperidine rings is 1. The van der Waals surface area contributed by atoms with Crippen molar-refractivity contribution >= 4 is 28.9 Å². The van der Waals surface area contributed by atoms with Crippen LogP contribution in [0.4, 0.5) is 17.1 Å². The Kier molecular flexibility index (Phi) is 6.16. The molecule has 2 aliphatic rings. The van der Waals surface area contributed by atoms with Crippen LogP contribution in [0.15, 0.2) is 48.5 Å². The average molecular weight is 422 g/mol. The van der Waals surface area contributed by atoms with Crippen LogP contribution >= 0.6 is 0 Å². The molecule has 2 aromatic carbocycles. The quantitative estimate of drug-likeness (QED) is 0.586. The third-order valence-electron chi connectivity index (χ3n) is 6.06. The van der Waals surface area contributed by atoms with Crippen LogP contribution in [0, 0.1) is 16.0 Å². The minimum Gasteiger partial charge on any atom is -0.366 e. The second kappa shape index (κ2) is 9.16. The Morgan fingerprint density at radius 1 is 0.968 bits per heavy atom. The minimum absolute atomic E-state index is 0.0233. The van der Waals surface area contributed by atoms with E-state index >= 15 is 0 Å². The van der Waals surface area contributed by atoms with E-state index in [4.69, 9.17) is 0 Å². The number of amides is 2. The predicted octanol–water partition coefficient (Wildman–Crippen LogP) is 3.69. The molecule has 0 aromatic heterocycles. The first-order chi connectivity index (χ1) is 15.0. The summed E-state index contributed by atoms with van der Waals surface area (Å²) in [5, 5.41) is 14.5. The summed E-state index contributed by atoms with van der Waals surface area (Å²) in [5.41, 5.74) is 1.64. The van der Waals surface area contributed by atoms with Gasteiger partial charge in [-0.15, -0.1) is 0 Å². The van der Waals surface area contributed by atoms with Gasteiger partial charge < -0.3 is 15.1 Å². The largest absolute Gasteiger partial charge is 0.366 e. The van der Waals surface area contributed by atoms with Gasteiger partial charge in [0, 0.05) is 49.4 Å². The summed E-state index contributed by atoms with van der Waals surface area (Å²) >= 11 is 0. The maximum atomic E-state index is 13.0. The van der Waals surface area contributed by atoms with Crippen LogP contribution in [0.2, 0.25) is 0 Å². The van der Waals surface area contributed by atoms with Crippen molar-refractivity contribution in [3.05, 3.63) is 64.2 Å². The zero-order valence-corrected chi connectivity index (χ0v) is 17.3. The van der Waals surface area contributed by atoms with Gasteiger partial charge in [-0.2, -0.15) is 0 Å². The van der Waals surface area contributed by atoms with Gasteiger partial charge in [-0.05, 0) is 49.9 Å². The lowest BCUT2D eigenvalue weighted by atomic mass is 9.95. The fraction of sp³-hybridized carbons (Fsp3) is 0.391. The second-order valence-corrected chi connectivity index (χ2v) is 8.08. The summed E-state index contributed by atoms with van der Waals surface area (Å²) in [5.74, 6) is -0.418. The highest BCUT2D eigenvalue weighted by Crippen LogP contribution is 2.32. The number of likely N-dealkylation sites (tertiary alicyclic amines) is 1. The second-order valence-electron chi connectivity index (χ2n) is 8.08. The molecule has 2 amide bonds. The van der Waals surface area contributed by atoms with Gasteiger partial charge in [0.15, 0.2) is 0 Å². The van der Waals surface area contributed by atoms with Gasteiger partial charge in [0.1, 0.15) is 5.69 Å². The molecule has 0 bridgehead atoms. The van der Waals surface area contributed by atoms with Crippen LogP contribution < -0.4 is 10.2 Å². The molecule has 0 aliphatic carbocycles. The molecule has 2 heterocycles. The molecule has 1 N–H and O–H groups in total. The topological polar surface area (TPSA) is 95.8 Å². The monoisotopic (exact) mass is 422 g/mol. The summed E-state index contributed by atoms with van der Waals surface area (Å²) in [6.07, 6.45) is 3.17. The third kappa shape index (κ3) is 4.68. The summed E-state index contributed by atoms with van der Waals surface area (Å²) in [6.45, 7) is 2.50. The van der Waals surface area contributed by atoms with E-state index < -0.39 is 4.92 Å². The minimum atomic E-state index is -0.412. The molecule has 0 radical (unpaired) electrons. The lowest BCUT2D eigenvalue weighted by Crippen LogP contribution is -2.41. The molecule has 2 fully saturated rings. The van der Waals surface area contributed by atoms with Crippen LogP contribution in [0.3, 0.4) is 0 Å². The van der Waals surface area contributed by atoms with Gasteiger partial charge in [0.25, 0.3) is 11.6 Å². The van der Waals surface area contributed by atoms with Crippen LogP contribution in [0.5, 0.6) is 0 Å². The first kappa shape index (κ1) is 20.8. The molecule has 2 aliphatic heterocycles. The Morgan fingerprint density at radius 3 is 2.29 bits per heavy atom. The number of nitrogens with zero attached hydrogens (tertiary/aromatic N) is 3. The number of benzene rings is 2. The molecule has 0 spiro atoms. The number of hydrogen-bond donors (Lipinski definition) is 1. The van der Waals surface area contributed by atoms with E-state index in [0.29, 0.717) is 37.2 Å². The highest BCUT2D eigenvalue weighted by molar-refractivity contribution is 5.96. The van der Waals surface area contributed by atoms with E-state index in [0.717, 1.165) is 31.6 Å². The predicted molar refractivity (Wildman–Crippen MR) is 118 cm³/mol. The van der Waals surface area contributed by atoms with Gasteiger partial charge in [0.05, 0.1) is 4.92 Å². The van der Waals surface area contributed by atoms with E-state index in [2.05, 4.69) is 5.32 Å². The highest BCUT2D eigenvalue weighted by Gasteiger charge is 2.30. The van der Waals surface area contributed by atoms with Crippen LogP contribution in [-0.4, -0.2) is 47.8 Å². The summed E-state index contributed by atoms with van der Waals surface area (Å²) in [6, 6.07) is 14.1. The van der Waals surface area contributed by atoms with Gasteiger partial charge in [0.2, 0.25) is 5.91 Å². The van der Waals surface area contributed by atoms with Crippen molar-refractivity contribution in [3.63, 3.8) is 0 Å². The molecule has 0 atom stereocenters. The average Bonchev–Trinajstić information content (AvgIpc) is 3.34. The molecule has 4 rings (SSSR count). The Balaban J connectivity index is 1.39. The number of hydrogen-bond acceptors (Lipinski definition) is 5. The van der Waals surface area contributed by atoms with Crippen molar-refractivity contribution in [2.24, 2.45) is 5.92 Å². The third-order valence-corrected chi connectivity index (χ3v) is 6.06. The summed E-state index contributed by atoms with van der Waals surface area (Å²) < 4.78 is 0. The molecular weight excluding hydrogens is 396 g/mol. The van der Waals surface area contributed by atoms with Crippen molar-refractivity contribution in [3.8, 4) is 0 Å². The Morgan fingerprint density at radius 2 is 1.65 bits per heavy atom. The molecule has 0 saturated carbocycles. The SMILES string of the molecule is O=C(Nc1ccccc1)C1CCN(C(=O)c2ccc(N3CCCC3)c([N+](=O)[O-])c2)CC1. The molecule has 31 heavy (non-hydrogen) atoms. The summed E-state index contributed by atoms with van der Waals surface area (Å²) in [4.78, 5) is 40.3. The summed E-state index contributed by atoms with van der Waals surface area (Å²) in [7, 11) is 0. The van der Waals surface area contributed by atoms with Gasteiger partial charge >= 0.3 is 0 Å². The van der Waals surface area contributed by atoms with Crippen molar-refractivity contribution in [2.45, 2.75) is 25.7 Å². The number of nitro benzene ring substituents is 1. The first-order valence-electron chi connectivity index (χ1n) is 10.7. The van der Waals surface area contributed by atoms with Crippen molar-refractivity contribution in [2.75, 3.05) is 36.4 Å². The van der Waals surface area contributed by atoms with E-state index in [1.165, 1.54) is 6.07 Å². The van der Waals surface area contributed by atoms with Gasteiger partial charge in [-0.1, -0.05) is 18.2 Å². The number of nitro groups is 1. The standard InChI is InChI=1S/C23H26N4O4/c28-22(24-19-6-2-1-3-7-19)17-10-14-26(15-11-17)23(29)18-8-9-20(21(16-18)27(30)31)25-12-4-5-13-25/h1-3,6-9,16-17H,4-5,10-15H2,(H,24,28). The molecule has 0 unspecified atom stereocenters. The maximum absolute atomic E-state index is 13.0. The van der Waals surface area contributed by atoms with E-state index in [-0.39, 0.29) is 23.4 Å². The van der Waals surface area contributed by atoms with Crippen molar-refractivity contribution < 1.29 is 14.5 Å². The molecule has 8 nitrogen and oxygen atoms in total. The van der Waals surface area contributed by atoms with Gasteiger partial charge in [-0.25, -0.2) is 0 Å².